The number of carboxylic acids is 2. The molecule has 1 aromatic carbocycles. The highest BCUT2D eigenvalue weighted by atomic mass is 32.3. The lowest BCUT2D eigenvalue weighted by atomic mass is 9.94. The zero-order valence-electron chi connectivity index (χ0n) is 38.8. The van der Waals surface area contributed by atoms with Gasteiger partial charge in [-0.15, -0.1) is 0 Å². The first-order chi connectivity index (χ1) is 35.5. The van der Waals surface area contributed by atoms with Crippen molar-refractivity contribution in [3.63, 3.8) is 0 Å². The third kappa shape index (κ3) is 17.3. The fourth-order valence-corrected chi connectivity index (χ4v) is 9.41. The van der Waals surface area contributed by atoms with Crippen LogP contribution in [0.1, 0.15) is 13.8 Å². The maximum absolute atomic E-state index is 12.9. The Morgan fingerprint density at radius 1 is 0.532 bits per heavy atom. The lowest BCUT2D eigenvalue weighted by molar-refractivity contribution is -0.383. The van der Waals surface area contributed by atoms with E-state index < -0.39 is 201 Å². The largest absolute Gasteiger partial charge is 0.862 e. The normalized spacial score (nSPS) is 36.9. The molecule has 20 atom stereocenters. The van der Waals surface area contributed by atoms with E-state index in [9.17, 15) is 107 Å². The van der Waals surface area contributed by atoms with Crippen molar-refractivity contribution in [3.8, 4) is 11.5 Å². The molecular formula is C35H44N2O36S4-6. The van der Waals surface area contributed by atoms with Crippen molar-refractivity contribution in [3.05, 3.63) is 24.3 Å². The fraction of sp³-hybridized carbons (Fsp3) is 0.714. The Morgan fingerprint density at radius 2 is 0.922 bits per heavy atom. The third-order valence-corrected chi connectivity index (χ3v) is 12.7. The number of nitrogens with zero attached hydrogens (tertiary/aromatic N) is 2. The Hall–Kier alpha value is -4.30. The Balaban J connectivity index is 1.60. The molecule has 4 aliphatic heterocycles. The van der Waals surface area contributed by atoms with E-state index >= 15 is 0 Å². The first kappa shape index (κ1) is 63.5. The third-order valence-electron chi connectivity index (χ3n) is 10.9. The predicted octanol–water partition coefficient (Wildman–Crippen LogP) is -11.9. The van der Waals surface area contributed by atoms with Crippen molar-refractivity contribution < 1.29 is 167 Å². The lowest BCUT2D eigenvalue weighted by Gasteiger charge is -2.50. The van der Waals surface area contributed by atoms with Gasteiger partial charge in [-0.25, -0.2) is 25.2 Å². The van der Waals surface area contributed by atoms with Gasteiger partial charge >= 0.3 is 20.8 Å². The lowest BCUT2D eigenvalue weighted by Crippen LogP contribution is -2.69. The monoisotopic (exact) mass is 1200 g/mol. The number of carboxylic acid groups (broad SMARTS) is 2. The summed E-state index contributed by atoms with van der Waals surface area (Å²) in [4.78, 5) is 32.0. The van der Waals surface area contributed by atoms with Gasteiger partial charge in [-0.3, -0.25) is 27.5 Å². The average Bonchev–Trinajstić information content (AvgIpc) is 3.29. The maximum Gasteiger partial charge on any atom is 0.397 e. The Kier molecular flexibility index (Phi) is 21.0. The van der Waals surface area contributed by atoms with Crippen LogP contribution in [0.2, 0.25) is 0 Å². The number of carbonyl (C=O) groups is 2. The van der Waals surface area contributed by atoms with Crippen LogP contribution in [-0.2, 0) is 101 Å². The molecule has 1 aromatic rings. The number of aliphatic hydroxyl groups excluding tert-OH is 5. The topological polar surface area (TPSA) is 595 Å². The fourth-order valence-electron chi connectivity index (χ4n) is 7.78. The van der Waals surface area contributed by atoms with E-state index in [1.165, 1.54) is 31.4 Å². The van der Waals surface area contributed by atoms with Crippen LogP contribution >= 0.6 is 0 Å². The molecule has 42 heteroatoms. The highest BCUT2D eigenvalue weighted by Gasteiger charge is 2.58. The molecule has 0 aromatic heterocycles. The molecule has 4 aliphatic rings. The van der Waals surface area contributed by atoms with Crippen molar-refractivity contribution in [2.45, 2.75) is 137 Å². The van der Waals surface area contributed by atoms with Crippen LogP contribution in [0, 0.1) is 0 Å². The first-order valence-electron chi connectivity index (χ1n) is 21.1. The van der Waals surface area contributed by atoms with Gasteiger partial charge in [-0.05, 0) is 49.9 Å². The number of hydrogen-bond acceptors (Lipinski definition) is 36. The number of benzene rings is 1. The quantitative estimate of drug-likeness (QED) is 0.0231. The number of aliphatic imine (C=N–C) groups is 2. The molecule has 0 radical (unpaired) electrons. The zero-order chi connectivity index (χ0) is 57.9. The Bertz CT molecular complexity index is 2720. The summed E-state index contributed by atoms with van der Waals surface area (Å²) >= 11 is 0. The molecule has 0 bridgehead atoms. The summed E-state index contributed by atoms with van der Waals surface area (Å²) in [6.07, 6.45) is -47.4. The molecule has 4 heterocycles. The van der Waals surface area contributed by atoms with Crippen molar-refractivity contribution in [2.24, 2.45) is 9.98 Å². The minimum Gasteiger partial charge on any atom is -0.862 e. The smallest absolute Gasteiger partial charge is 0.397 e. The van der Waals surface area contributed by atoms with E-state index in [4.69, 9.17) is 42.6 Å². The van der Waals surface area contributed by atoms with Gasteiger partial charge in [0.15, 0.2) is 18.9 Å². The van der Waals surface area contributed by atoms with E-state index in [1.807, 2.05) is 0 Å². The van der Waals surface area contributed by atoms with Crippen molar-refractivity contribution in [1.82, 2.24) is 0 Å². The number of ether oxygens (including phenoxy) is 9. The molecule has 4 fully saturated rings. The number of aliphatic hydroxyl groups is 5. The molecular weight excluding hydrogens is 1150 g/mol. The molecule has 4 saturated heterocycles. The summed E-state index contributed by atoms with van der Waals surface area (Å²) < 4.78 is 205. The van der Waals surface area contributed by atoms with E-state index in [0.717, 1.165) is 6.92 Å². The van der Waals surface area contributed by atoms with Gasteiger partial charge in [-0.1, -0.05) is 0 Å². The number of carbonyl (C=O) groups excluding carboxylic acids is 2. The van der Waals surface area contributed by atoms with Gasteiger partial charge in [0.05, 0.1) is 32.3 Å². The van der Waals surface area contributed by atoms with Gasteiger partial charge in [-0.2, -0.15) is 16.8 Å². The van der Waals surface area contributed by atoms with Crippen LogP contribution in [0.4, 0.5) is 0 Å². The SMILES string of the molecule is COc1ccc(O[C@@H]2O[C@H](COS(=O)(=O)[O-])[C@H](OS(=O)(=O)O)[C@H](O[C@@H]3O[C@H](C(=O)[O-])[C@@H](O[C@@H]4O[C@H](COS(=O)(=O)[O-])[C@H](OS(=O)(=O)O)[C@H](O[C@@H]5O[C@H](C(=O)[O-])[C@H](O)[C@@H](O)[C@@H]5O)[C@H]4N=C(C)[O-])[C@H](O)[C@H]3O)[C@H]2N=C(C)[O-])cc1. The molecule has 0 spiro atoms. The minimum absolute atomic E-state index is 0.197. The highest BCUT2D eigenvalue weighted by molar-refractivity contribution is 7.81. The standard InChI is InChI=1S/C35H50N2O36S4/c1-10(38)36-16-25(23(72-76(55,56)57)14(8-62-74(49,50)51)65-32(16)64-13-6-4-12(61-3)5-7-13)68-35-22(44)20(42)27(29(71-35)31(47)48)69-33-17(37-11(2)39)26(67-34-21(43)18(40)19(41)28(70-34)30(45)46)24(73-77(58,59)60)15(66-33)9-63-75(52,53)54/h4-7,14-29,32-35,40-44H,8-9H2,1-3H3,(H,36,38)(H,37,39)(H,45,46)(H,47,48)(H,49,50,51)(H,52,53,54)(H,55,56,57)(H,58,59,60)/p-6/t14-,15-,16-,17-,18-,19-,20-,21+,22-,23+,24+,25-,26-,27+,28+,29+,32-,33+,34-,35-/m1/s1. The van der Waals surface area contributed by atoms with E-state index in [0.29, 0.717) is 6.92 Å². The van der Waals surface area contributed by atoms with Crippen LogP contribution in [0.5, 0.6) is 11.5 Å². The molecule has 77 heavy (non-hydrogen) atoms. The van der Waals surface area contributed by atoms with Crippen LogP contribution in [0.15, 0.2) is 34.3 Å². The molecule has 7 N–H and O–H groups in total. The van der Waals surface area contributed by atoms with Crippen LogP contribution in [-0.4, -0.2) is 244 Å². The second-order valence-corrected chi connectivity index (χ2v) is 20.5. The first-order valence-corrected chi connectivity index (χ1v) is 26.5. The summed E-state index contributed by atoms with van der Waals surface area (Å²) in [5, 5.41) is 105. The second kappa shape index (κ2) is 25.4. The Morgan fingerprint density at radius 3 is 1.32 bits per heavy atom. The van der Waals surface area contributed by atoms with Crippen LogP contribution < -0.4 is 29.9 Å². The molecule has 5 rings (SSSR count). The maximum atomic E-state index is 12.9. The molecule has 38 nitrogen and oxygen atoms in total. The van der Waals surface area contributed by atoms with Gasteiger partial charge in [0, 0.05) is 0 Å². The van der Waals surface area contributed by atoms with Gasteiger partial charge in [0.1, 0.15) is 109 Å². The number of methoxy groups -OCH3 is 1. The van der Waals surface area contributed by atoms with E-state index in [-0.39, 0.29) is 11.5 Å². The van der Waals surface area contributed by atoms with Crippen molar-refractivity contribution in [2.75, 3.05) is 20.3 Å². The highest BCUT2D eigenvalue weighted by Crippen LogP contribution is 2.38. The number of hydrogen-bond donors (Lipinski definition) is 7. The summed E-state index contributed by atoms with van der Waals surface area (Å²) in [7, 11) is -22.0. The molecule has 0 unspecified atom stereocenters. The second-order valence-electron chi connectivity index (χ2n) is 16.3. The zero-order valence-corrected chi connectivity index (χ0v) is 42.0. The Labute approximate surface area is 433 Å². The van der Waals surface area contributed by atoms with Crippen LogP contribution in [0.25, 0.3) is 0 Å². The summed E-state index contributed by atoms with van der Waals surface area (Å²) in [6, 6.07) is 0.301. The molecule has 0 aliphatic carbocycles. The number of aliphatic carboxylic acids is 2. The minimum atomic E-state index is -5.90. The van der Waals surface area contributed by atoms with Gasteiger partial charge < -0.3 is 107 Å². The molecule has 440 valence electrons. The van der Waals surface area contributed by atoms with Crippen LogP contribution in [0.3, 0.4) is 0 Å². The summed E-state index contributed by atoms with van der Waals surface area (Å²) in [5.74, 6) is -7.29. The van der Waals surface area contributed by atoms with Gasteiger partial charge in [0.25, 0.3) is 0 Å². The van der Waals surface area contributed by atoms with E-state index in [1.54, 1.807) is 0 Å². The summed E-state index contributed by atoms with van der Waals surface area (Å²) in [6.45, 7) is -1.86. The van der Waals surface area contributed by atoms with E-state index in [2.05, 4.69) is 26.7 Å². The average molecular weight is 1200 g/mol. The molecule has 0 amide bonds. The molecule has 0 saturated carbocycles. The van der Waals surface area contributed by atoms with Crippen molar-refractivity contribution in [1.29, 1.82) is 0 Å². The summed E-state index contributed by atoms with van der Waals surface area (Å²) in [5.41, 5.74) is 0. The number of rotatable bonds is 23. The van der Waals surface area contributed by atoms with Gasteiger partial charge in [0.2, 0.25) is 27.1 Å². The predicted molar refractivity (Wildman–Crippen MR) is 221 cm³/mol. The van der Waals surface area contributed by atoms with Crippen molar-refractivity contribution >= 4 is 65.3 Å².